The Balaban J connectivity index is 2.18. The lowest BCUT2D eigenvalue weighted by atomic mass is 9.91. The highest BCUT2D eigenvalue weighted by Gasteiger charge is 2.38. The first-order chi connectivity index (χ1) is 8.15. The van der Waals surface area contributed by atoms with E-state index in [1.54, 1.807) is 12.4 Å². The fourth-order valence-corrected chi connectivity index (χ4v) is 2.20. The van der Waals surface area contributed by atoms with Crippen molar-refractivity contribution in [1.29, 1.82) is 0 Å². The summed E-state index contributed by atoms with van der Waals surface area (Å²) in [5, 5.41) is 10.4. The van der Waals surface area contributed by atoms with Crippen LogP contribution in [-0.4, -0.2) is 28.9 Å². The third kappa shape index (κ3) is 2.58. The smallest absolute Gasteiger partial charge is 0.137 e. The van der Waals surface area contributed by atoms with Crippen LogP contribution in [0.2, 0.25) is 0 Å². The van der Waals surface area contributed by atoms with Gasteiger partial charge in [0.05, 0.1) is 18.4 Å². The molecule has 2 unspecified atom stereocenters. The van der Waals surface area contributed by atoms with Crippen LogP contribution in [0.4, 0.5) is 0 Å². The summed E-state index contributed by atoms with van der Waals surface area (Å²) in [5.41, 5.74) is 0.257. The third-order valence-corrected chi connectivity index (χ3v) is 3.19. The molecule has 0 radical (unpaired) electrons. The average Bonchev–Trinajstić information content (AvgIpc) is 2.77. The van der Waals surface area contributed by atoms with Crippen molar-refractivity contribution in [3.63, 3.8) is 0 Å². The molecule has 2 heterocycles. The minimum Gasteiger partial charge on any atom is -0.492 e. The van der Waals surface area contributed by atoms with E-state index in [2.05, 4.69) is 4.98 Å². The molecule has 0 spiro atoms. The standard InChI is InChI=1S/C13H19NO3/c1-3-16-11-7-10(8-14-9-11)12(15)13(2)5-4-6-17-13/h7-9,12,15H,3-6H2,1-2H3. The molecule has 0 aromatic carbocycles. The fourth-order valence-electron chi connectivity index (χ4n) is 2.20. The number of aliphatic hydroxyl groups is 1. The van der Waals surface area contributed by atoms with Crippen LogP contribution in [0.5, 0.6) is 5.75 Å². The summed E-state index contributed by atoms with van der Waals surface area (Å²) >= 11 is 0. The number of ether oxygens (including phenoxy) is 2. The van der Waals surface area contributed by atoms with Crippen molar-refractivity contribution in [2.24, 2.45) is 0 Å². The van der Waals surface area contributed by atoms with Gasteiger partial charge in [0.1, 0.15) is 11.9 Å². The number of hydrogen-bond donors (Lipinski definition) is 1. The van der Waals surface area contributed by atoms with Crippen LogP contribution in [0.1, 0.15) is 38.4 Å². The molecule has 2 atom stereocenters. The number of aliphatic hydroxyl groups excluding tert-OH is 1. The predicted octanol–water partition coefficient (Wildman–Crippen LogP) is 2.08. The SMILES string of the molecule is CCOc1cncc(C(O)C2(C)CCCO2)c1. The van der Waals surface area contributed by atoms with Gasteiger partial charge in [0.2, 0.25) is 0 Å². The summed E-state index contributed by atoms with van der Waals surface area (Å²) in [4.78, 5) is 4.09. The van der Waals surface area contributed by atoms with Crippen molar-refractivity contribution in [3.05, 3.63) is 24.0 Å². The second kappa shape index (κ2) is 5.02. The quantitative estimate of drug-likeness (QED) is 0.871. The molecular formula is C13H19NO3. The molecular weight excluding hydrogens is 218 g/mol. The van der Waals surface area contributed by atoms with Gasteiger partial charge >= 0.3 is 0 Å². The molecule has 0 saturated carbocycles. The molecule has 2 rings (SSSR count). The molecule has 17 heavy (non-hydrogen) atoms. The highest BCUT2D eigenvalue weighted by Crippen LogP contribution is 2.37. The lowest BCUT2D eigenvalue weighted by Crippen LogP contribution is -2.32. The second-order valence-corrected chi connectivity index (χ2v) is 4.55. The normalized spacial score (nSPS) is 25.8. The summed E-state index contributed by atoms with van der Waals surface area (Å²) in [6.45, 7) is 5.17. The zero-order valence-corrected chi connectivity index (χ0v) is 10.3. The predicted molar refractivity (Wildman–Crippen MR) is 64.0 cm³/mol. The molecule has 4 heteroatoms. The van der Waals surface area contributed by atoms with Crippen molar-refractivity contribution in [2.75, 3.05) is 13.2 Å². The van der Waals surface area contributed by atoms with Gasteiger partial charge < -0.3 is 14.6 Å². The Bertz CT molecular complexity index is 375. The molecule has 0 amide bonds. The van der Waals surface area contributed by atoms with E-state index in [1.165, 1.54) is 0 Å². The molecule has 1 aromatic heterocycles. The number of rotatable bonds is 4. The van der Waals surface area contributed by atoms with Crippen molar-refractivity contribution >= 4 is 0 Å². The summed E-state index contributed by atoms with van der Waals surface area (Å²) in [7, 11) is 0. The Kier molecular flexibility index (Phi) is 3.64. The summed E-state index contributed by atoms with van der Waals surface area (Å²) < 4.78 is 11.0. The zero-order valence-electron chi connectivity index (χ0n) is 10.3. The van der Waals surface area contributed by atoms with Gasteiger partial charge in [-0.05, 0) is 32.8 Å². The summed E-state index contributed by atoms with van der Waals surface area (Å²) in [6, 6.07) is 1.83. The molecule has 1 aliphatic rings. The van der Waals surface area contributed by atoms with Crippen LogP contribution < -0.4 is 4.74 Å². The number of aromatic nitrogens is 1. The fraction of sp³-hybridized carbons (Fsp3) is 0.615. The third-order valence-electron chi connectivity index (χ3n) is 3.19. The zero-order chi connectivity index (χ0) is 12.3. The first-order valence-corrected chi connectivity index (χ1v) is 6.05. The molecule has 4 nitrogen and oxygen atoms in total. The average molecular weight is 237 g/mol. The maximum absolute atomic E-state index is 10.4. The largest absolute Gasteiger partial charge is 0.492 e. The molecule has 1 fully saturated rings. The minimum atomic E-state index is -0.655. The summed E-state index contributed by atoms with van der Waals surface area (Å²) in [5.74, 6) is 0.686. The summed E-state index contributed by atoms with van der Waals surface area (Å²) in [6.07, 6.45) is 4.52. The molecule has 1 aromatic rings. The van der Waals surface area contributed by atoms with Crippen molar-refractivity contribution in [2.45, 2.75) is 38.4 Å². The minimum absolute atomic E-state index is 0.494. The van der Waals surface area contributed by atoms with Crippen molar-refractivity contribution < 1.29 is 14.6 Å². The van der Waals surface area contributed by atoms with E-state index in [4.69, 9.17) is 9.47 Å². The van der Waals surface area contributed by atoms with Crippen molar-refractivity contribution in [3.8, 4) is 5.75 Å². The first-order valence-electron chi connectivity index (χ1n) is 6.05. The van der Waals surface area contributed by atoms with E-state index in [1.807, 2.05) is 19.9 Å². The number of hydrogen-bond acceptors (Lipinski definition) is 4. The Morgan fingerprint density at radius 1 is 1.59 bits per heavy atom. The second-order valence-electron chi connectivity index (χ2n) is 4.55. The van der Waals surface area contributed by atoms with E-state index in [-0.39, 0.29) is 0 Å². The van der Waals surface area contributed by atoms with E-state index in [9.17, 15) is 5.11 Å². The van der Waals surface area contributed by atoms with Gasteiger partial charge in [0.15, 0.2) is 0 Å². The van der Waals surface area contributed by atoms with Crippen LogP contribution >= 0.6 is 0 Å². The maximum atomic E-state index is 10.4. The van der Waals surface area contributed by atoms with Crippen LogP contribution in [-0.2, 0) is 4.74 Å². The van der Waals surface area contributed by atoms with Gasteiger partial charge in [-0.3, -0.25) is 4.98 Å². The van der Waals surface area contributed by atoms with Gasteiger partial charge in [0, 0.05) is 18.4 Å². The maximum Gasteiger partial charge on any atom is 0.137 e. The topological polar surface area (TPSA) is 51.6 Å². The van der Waals surface area contributed by atoms with Gasteiger partial charge in [-0.25, -0.2) is 0 Å². The highest BCUT2D eigenvalue weighted by atomic mass is 16.5. The Morgan fingerprint density at radius 3 is 3.06 bits per heavy atom. The van der Waals surface area contributed by atoms with Crippen LogP contribution in [0.25, 0.3) is 0 Å². The molecule has 0 aliphatic carbocycles. The number of nitrogens with zero attached hydrogens (tertiary/aromatic N) is 1. The van der Waals surface area contributed by atoms with Crippen molar-refractivity contribution in [1.82, 2.24) is 4.98 Å². The van der Waals surface area contributed by atoms with Gasteiger partial charge in [-0.2, -0.15) is 0 Å². The molecule has 0 bridgehead atoms. The number of pyridine rings is 1. The van der Waals surface area contributed by atoms with Gasteiger partial charge in [0.25, 0.3) is 0 Å². The lowest BCUT2D eigenvalue weighted by molar-refractivity contribution is -0.0798. The van der Waals surface area contributed by atoms with Gasteiger partial charge in [-0.15, -0.1) is 0 Å². The first kappa shape index (κ1) is 12.3. The van der Waals surface area contributed by atoms with E-state index in [0.717, 1.165) is 18.4 Å². The molecule has 1 N–H and O–H groups in total. The molecule has 1 saturated heterocycles. The monoisotopic (exact) mass is 237 g/mol. The Labute approximate surface area is 102 Å². The Morgan fingerprint density at radius 2 is 2.41 bits per heavy atom. The van der Waals surface area contributed by atoms with Crippen LogP contribution in [0, 0.1) is 0 Å². The van der Waals surface area contributed by atoms with E-state index >= 15 is 0 Å². The molecule has 1 aliphatic heterocycles. The van der Waals surface area contributed by atoms with Gasteiger partial charge in [-0.1, -0.05) is 0 Å². The highest BCUT2D eigenvalue weighted by molar-refractivity contribution is 5.26. The Hall–Kier alpha value is -1.13. The van der Waals surface area contributed by atoms with E-state index in [0.29, 0.717) is 19.0 Å². The van der Waals surface area contributed by atoms with Crippen LogP contribution in [0.15, 0.2) is 18.5 Å². The van der Waals surface area contributed by atoms with E-state index < -0.39 is 11.7 Å². The molecule has 94 valence electrons. The lowest BCUT2D eigenvalue weighted by Gasteiger charge is -2.29. The van der Waals surface area contributed by atoms with Crippen LogP contribution in [0.3, 0.4) is 0 Å².